The van der Waals surface area contributed by atoms with Crippen LogP contribution in [0.4, 0.5) is 5.69 Å². The SMILES string of the molecule is CC(=O)OCC1CC(Nc2ccccc2C)CCN1. The zero-order valence-electron chi connectivity index (χ0n) is 11.6. The van der Waals surface area contributed by atoms with E-state index >= 15 is 0 Å². The van der Waals surface area contributed by atoms with Crippen molar-refractivity contribution in [2.75, 3.05) is 18.5 Å². The van der Waals surface area contributed by atoms with E-state index in [1.165, 1.54) is 18.2 Å². The van der Waals surface area contributed by atoms with Crippen LogP contribution < -0.4 is 10.6 Å². The van der Waals surface area contributed by atoms with Gasteiger partial charge in [-0.05, 0) is 37.9 Å². The minimum Gasteiger partial charge on any atom is -0.464 e. The average Bonchev–Trinajstić information content (AvgIpc) is 2.40. The third-order valence-corrected chi connectivity index (χ3v) is 3.49. The van der Waals surface area contributed by atoms with Gasteiger partial charge in [0.2, 0.25) is 0 Å². The van der Waals surface area contributed by atoms with Crippen molar-refractivity contribution in [3.05, 3.63) is 29.8 Å². The number of piperidine rings is 1. The van der Waals surface area contributed by atoms with E-state index in [0.717, 1.165) is 19.4 Å². The van der Waals surface area contributed by atoms with Gasteiger partial charge < -0.3 is 15.4 Å². The highest BCUT2D eigenvalue weighted by atomic mass is 16.5. The third-order valence-electron chi connectivity index (χ3n) is 3.49. The summed E-state index contributed by atoms with van der Waals surface area (Å²) in [7, 11) is 0. The molecule has 0 spiro atoms. The molecule has 1 heterocycles. The summed E-state index contributed by atoms with van der Waals surface area (Å²) in [6.07, 6.45) is 2.06. The summed E-state index contributed by atoms with van der Waals surface area (Å²) in [6.45, 7) is 4.97. The second kappa shape index (κ2) is 6.57. The van der Waals surface area contributed by atoms with Crippen LogP contribution in [-0.2, 0) is 9.53 Å². The van der Waals surface area contributed by atoms with E-state index in [4.69, 9.17) is 4.74 Å². The molecule has 1 aliphatic rings. The minimum atomic E-state index is -0.212. The van der Waals surface area contributed by atoms with Gasteiger partial charge in [-0.25, -0.2) is 0 Å². The Labute approximate surface area is 114 Å². The smallest absolute Gasteiger partial charge is 0.302 e. The van der Waals surface area contributed by atoms with Crippen molar-refractivity contribution in [2.24, 2.45) is 0 Å². The number of benzene rings is 1. The number of rotatable bonds is 4. The first-order valence-corrected chi connectivity index (χ1v) is 6.84. The minimum absolute atomic E-state index is 0.212. The quantitative estimate of drug-likeness (QED) is 0.816. The molecule has 1 saturated heterocycles. The maximum Gasteiger partial charge on any atom is 0.302 e. The molecule has 2 N–H and O–H groups in total. The highest BCUT2D eigenvalue weighted by Gasteiger charge is 2.22. The molecule has 4 nitrogen and oxygen atoms in total. The van der Waals surface area contributed by atoms with Crippen LogP contribution >= 0.6 is 0 Å². The standard InChI is InChI=1S/C15H22N2O2/c1-11-5-3-4-6-15(11)17-13-7-8-16-14(9-13)10-19-12(2)18/h3-6,13-14,16-17H,7-10H2,1-2H3. The number of carbonyl (C=O) groups is 1. The Morgan fingerprint density at radius 1 is 1.47 bits per heavy atom. The van der Waals surface area contributed by atoms with E-state index in [1.54, 1.807) is 0 Å². The van der Waals surface area contributed by atoms with Gasteiger partial charge >= 0.3 is 5.97 Å². The van der Waals surface area contributed by atoms with Crippen LogP contribution in [0, 0.1) is 6.92 Å². The van der Waals surface area contributed by atoms with Crippen LogP contribution in [0.25, 0.3) is 0 Å². The largest absolute Gasteiger partial charge is 0.464 e. The number of para-hydroxylation sites is 1. The zero-order chi connectivity index (χ0) is 13.7. The maximum absolute atomic E-state index is 10.8. The lowest BCUT2D eigenvalue weighted by Crippen LogP contribution is -2.45. The lowest BCUT2D eigenvalue weighted by Gasteiger charge is -2.31. The van der Waals surface area contributed by atoms with Crippen LogP contribution in [0.5, 0.6) is 0 Å². The van der Waals surface area contributed by atoms with Gasteiger partial charge in [-0.3, -0.25) is 4.79 Å². The molecule has 1 fully saturated rings. The number of hydrogen-bond donors (Lipinski definition) is 2. The normalized spacial score (nSPS) is 22.8. The predicted molar refractivity (Wildman–Crippen MR) is 76.2 cm³/mol. The molecule has 0 bridgehead atoms. The summed E-state index contributed by atoms with van der Waals surface area (Å²) in [5.74, 6) is -0.212. The van der Waals surface area contributed by atoms with Crippen LogP contribution in [0.1, 0.15) is 25.3 Å². The topological polar surface area (TPSA) is 50.4 Å². The van der Waals surface area contributed by atoms with Crippen LogP contribution in [0.15, 0.2) is 24.3 Å². The number of aryl methyl sites for hydroxylation is 1. The maximum atomic E-state index is 10.8. The van der Waals surface area contributed by atoms with Crippen molar-refractivity contribution in [3.63, 3.8) is 0 Å². The number of hydrogen-bond acceptors (Lipinski definition) is 4. The monoisotopic (exact) mass is 262 g/mol. The Morgan fingerprint density at radius 3 is 3.00 bits per heavy atom. The summed E-state index contributed by atoms with van der Waals surface area (Å²) in [5.41, 5.74) is 2.46. The first-order valence-electron chi connectivity index (χ1n) is 6.84. The highest BCUT2D eigenvalue weighted by Crippen LogP contribution is 2.19. The van der Waals surface area contributed by atoms with Crippen molar-refractivity contribution >= 4 is 11.7 Å². The van der Waals surface area contributed by atoms with Crippen LogP contribution in [-0.4, -0.2) is 31.2 Å². The first-order chi connectivity index (χ1) is 9.15. The molecule has 2 atom stereocenters. The lowest BCUT2D eigenvalue weighted by molar-refractivity contribution is -0.141. The molecule has 104 valence electrons. The van der Waals surface area contributed by atoms with E-state index in [0.29, 0.717) is 12.6 Å². The molecule has 1 aromatic carbocycles. The summed E-state index contributed by atoms with van der Waals surface area (Å²) in [4.78, 5) is 10.8. The summed E-state index contributed by atoms with van der Waals surface area (Å²) in [6, 6.07) is 9.00. The van der Waals surface area contributed by atoms with Crippen LogP contribution in [0.3, 0.4) is 0 Å². The lowest BCUT2D eigenvalue weighted by atomic mass is 9.99. The van der Waals surface area contributed by atoms with Gasteiger partial charge in [0.15, 0.2) is 0 Å². The summed E-state index contributed by atoms with van der Waals surface area (Å²) >= 11 is 0. The fourth-order valence-corrected chi connectivity index (χ4v) is 2.44. The Balaban J connectivity index is 1.87. The second-order valence-electron chi connectivity index (χ2n) is 5.13. The van der Waals surface area contributed by atoms with Crippen LogP contribution in [0.2, 0.25) is 0 Å². The highest BCUT2D eigenvalue weighted by molar-refractivity contribution is 5.65. The van der Waals surface area contributed by atoms with E-state index in [9.17, 15) is 4.79 Å². The Morgan fingerprint density at radius 2 is 2.26 bits per heavy atom. The van der Waals surface area contributed by atoms with E-state index in [2.05, 4.69) is 29.7 Å². The van der Waals surface area contributed by atoms with Gasteiger partial charge in [0, 0.05) is 24.7 Å². The molecule has 19 heavy (non-hydrogen) atoms. The summed E-state index contributed by atoms with van der Waals surface area (Å²) in [5, 5.41) is 6.97. The zero-order valence-corrected chi connectivity index (χ0v) is 11.6. The van der Waals surface area contributed by atoms with Crippen molar-refractivity contribution in [1.82, 2.24) is 5.32 Å². The van der Waals surface area contributed by atoms with Gasteiger partial charge in [0.25, 0.3) is 0 Å². The Bertz CT molecular complexity index is 434. The number of anilines is 1. The number of ether oxygens (including phenoxy) is 1. The number of esters is 1. The van der Waals surface area contributed by atoms with Gasteiger partial charge in [0.05, 0.1) is 0 Å². The van der Waals surface area contributed by atoms with E-state index in [-0.39, 0.29) is 12.0 Å². The van der Waals surface area contributed by atoms with E-state index < -0.39 is 0 Å². The van der Waals surface area contributed by atoms with Crippen molar-refractivity contribution in [2.45, 2.75) is 38.8 Å². The molecule has 0 amide bonds. The molecule has 0 aliphatic carbocycles. The fourth-order valence-electron chi connectivity index (χ4n) is 2.44. The van der Waals surface area contributed by atoms with Gasteiger partial charge in [-0.1, -0.05) is 18.2 Å². The van der Waals surface area contributed by atoms with Crippen molar-refractivity contribution < 1.29 is 9.53 Å². The molecule has 0 saturated carbocycles. The van der Waals surface area contributed by atoms with Crippen molar-refractivity contribution in [3.8, 4) is 0 Å². The number of nitrogens with one attached hydrogen (secondary N) is 2. The molecule has 2 unspecified atom stereocenters. The second-order valence-corrected chi connectivity index (χ2v) is 5.13. The third kappa shape index (κ3) is 4.24. The number of carbonyl (C=O) groups excluding carboxylic acids is 1. The average molecular weight is 262 g/mol. The Hall–Kier alpha value is -1.55. The van der Waals surface area contributed by atoms with Gasteiger partial charge in [0.1, 0.15) is 6.61 Å². The van der Waals surface area contributed by atoms with Gasteiger partial charge in [-0.15, -0.1) is 0 Å². The molecule has 2 rings (SSSR count). The molecule has 1 aliphatic heterocycles. The molecular weight excluding hydrogens is 240 g/mol. The van der Waals surface area contributed by atoms with Crippen molar-refractivity contribution in [1.29, 1.82) is 0 Å². The van der Waals surface area contributed by atoms with E-state index in [1.807, 2.05) is 12.1 Å². The summed E-state index contributed by atoms with van der Waals surface area (Å²) < 4.78 is 5.07. The molecule has 4 heteroatoms. The molecule has 0 aromatic heterocycles. The molecule has 0 radical (unpaired) electrons. The van der Waals surface area contributed by atoms with Gasteiger partial charge in [-0.2, -0.15) is 0 Å². The predicted octanol–water partition coefficient (Wildman–Crippen LogP) is 2.09. The molecular formula is C15H22N2O2. The molecule has 1 aromatic rings. The fraction of sp³-hybridized carbons (Fsp3) is 0.533. The first kappa shape index (κ1) is 13.9. The Kier molecular flexibility index (Phi) is 4.80.